The Morgan fingerprint density at radius 3 is 2.76 bits per heavy atom. The van der Waals surface area contributed by atoms with E-state index in [4.69, 9.17) is 0 Å². The Balaban J connectivity index is 1.62. The molecule has 1 saturated carbocycles. The van der Waals surface area contributed by atoms with Crippen LogP contribution in [0, 0.1) is 9.49 Å². The summed E-state index contributed by atoms with van der Waals surface area (Å²) < 4.78 is 1.08. The van der Waals surface area contributed by atoms with Crippen molar-refractivity contribution in [2.75, 3.05) is 11.9 Å². The predicted molar refractivity (Wildman–Crippen MR) is 89.9 cm³/mol. The van der Waals surface area contributed by atoms with E-state index in [9.17, 15) is 9.59 Å². The second kappa shape index (κ2) is 6.34. The third-order valence-corrected chi connectivity index (χ3v) is 5.06. The van der Waals surface area contributed by atoms with Gasteiger partial charge in [0.25, 0.3) is 0 Å². The number of nitrogens with zero attached hydrogens (tertiary/aromatic N) is 1. The largest absolute Gasteiger partial charge is 0.339 e. The van der Waals surface area contributed by atoms with E-state index in [0.29, 0.717) is 19.0 Å². The Bertz CT molecular complexity index is 555. The highest BCUT2D eigenvalue weighted by Gasteiger charge is 2.38. The van der Waals surface area contributed by atoms with Gasteiger partial charge in [0.2, 0.25) is 11.8 Å². The first-order chi connectivity index (χ1) is 10.1. The Kier molecular flexibility index (Phi) is 4.47. The summed E-state index contributed by atoms with van der Waals surface area (Å²) >= 11 is 2.22. The smallest absolute Gasteiger partial charge is 0.229 e. The highest BCUT2D eigenvalue weighted by molar-refractivity contribution is 14.1. The second-order valence-electron chi connectivity index (χ2n) is 5.89. The average Bonchev–Trinajstić information content (AvgIpc) is 3.07. The van der Waals surface area contributed by atoms with Crippen LogP contribution in [0.4, 0.5) is 5.69 Å². The van der Waals surface area contributed by atoms with Crippen LogP contribution in [0.1, 0.15) is 32.1 Å². The fourth-order valence-electron chi connectivity index (χ4n) is 3.29. The molecule has 2 amide bonds. The van der Waals surface area contributed by atoms with Crippen LogP contribution in [-0.2, 0) is 9.59 Å². The number of halogens is 1. The summed E-state index contributed by atoms with van der Waals surface area (Å²) in [6.45, 7) is 0.583. The van der Waals surface area contributed by atoms with Crippen LogP contribution in [-0.4, -0.2) is 29.3 Å². The van der Waals surface area contributed by atoms with Gasteiger partial charge in [-0.15, -0.1) is 0 Å². The number of anilines is 1. The standard InChI is InChI=1S/C16H19IN2O2/c17-12-4-3-5-13(9-12)18-16(21)11-8-15(20)19(10-11)14-6-1-2-7-14/h3-5,9,11,14H,1-2,6-8,10H2,(H,18,21)/t11-/m0/s1. The van der Waals surface area contributed by atoms with Crippen molar-refractivity contribution in [3.63, 3.8) is 0 Å². The lowest BCUT2D eigenvalue weighted by molar-refractivity contribution is -0.129. The van der Waals surface area contributed by atoms with E-state index in [1.165, 1.54) is 12.8 Å². The maximum atomic E-state index is 12.3. The third-order valence-electron chi connectivity index (χ3n) is 4.39. The van der Waals surface area contributed by atoms with Gasteiger partial charge in [0.1, 0.15) is 0 Å². The molecule has 1 saturated heterocycles. The van der Waals surface area contributed by atoms with Gasteiger partial charge >= 0.3 is 0 Å². The van der Waals surface area contributed by atoms with Crippen molar-refractivity contribution >= 4 is 40.1 Å². The summed E-state index contributed by atoms with van der Waals surface area (Å²) in [5.74, 6) is -0.105. The lowest BCUT2D eigenvalue weighted by Gasteiger charge is -2.23. The summed E-state index contributed by atoms with van der Waals surface area (Å²) in [4.78, 5) is 26.4. The minimum atomic E-state index is -0.212. The molecular weight excluding hydrogens is 379 g/mol. The van der Waals surface area contributed by atoms with Crippen molar-refractivity contribution in [3.8, 4) is 0 Å². The molecule has 0 unspecified atom stereocenters. The fraction of sp³-hybridized carbons (Fsp3) is 0.500. The molecule has 1 aliphatic heterocycles. The first kappa shape index (κ1) is 14.8. The minimum absolute atomic E-state index is 0.0363. The number of carbonyl (C=O) groups excluding carboxylic acids is 2. The van der Waals surface area contributed by atoms with Gasteiger partial charge < -0.3 is 10.2 Å². The van der Waals surface area contributed by atoms with E-state index >= 15 is 0 Å². The van der Waals surface area contributed by atoms with Crippen molar-refractivity contribution in [2.45, 2.75) is 38.1 Å². The van der Waals surface area contributed by atoms with Gasteiger partial charge in [-0.25, -0.2) is 0 Å². The summed E-state index contributed by atoms with van der Waals surface area (Å²) in [7, 11) is 0. The summed E-state index contributed by atoms with van der Waals surface area (Å²) in [6, 6.07) is 8.09. The topological polar surface area (TPSA) is 49.4 Å². The molecule has 21 heavy (non-hydrogen) atoms. The molecule has 112 valence electrons. The average molecular weight is 398 g/mol. The van der Waals surface area contributed by atoms with Crippen LogP contribution in [0.5, 0.6) is 0 Å². The van der Waals surface area contributed by atoms with Gasteiger partial charge in [-0.2, -0.15) is 0 Å². The number of amides is 2. The number of rotatable bonds is 3. The quantitative estimate of drug-likeness (QED) is 0.796. The minimum Gasteiger partial charge on any atom is -0.339 e. The molecule has 1 aromatic carbocycles. The summed E-state index contributed by atoms with van der Waals surface area (Å²) in [5, 5.41) is 2.93. The van der Waals surface area contributed by atoms with Crippen LogP contribution in [0.2, 0.25) is 0 Å². The zero-order valence-corrected chi connectivity index (χ0v) is 14.0. The van der Waals surface area contributed by atoms with Crippen molar-refractivity contribution < 1.29 is 9.59 Å². The van der Waals surface area contributed by atoms with Crippen LogP contribution >= 0.6 is 22.6 Å². The van der Waals surface area contributed by atoms with Crippen LogP contribution < -0.4 is 5.32 Å². The molecule has 1 aromatic rings. The highest BCUT2D eigenvalue weighted by Crippen LogP contribution is 2.30. The van der Waals surface area contributed by atoms with Crippen molar-refractivity contribution in [1.29, 1.82) is 0 Å². The molecule has 1 aliphatic carbocycles. The SMILES string of the molecule is O=C(Nc1cccc(I)c1)[C@H]1CC(=O)N(C2CCCC2)C1. The number of benzene rings is 1. The van der Waals surface area contributed by atoms with Gasteiger partial charge in [0, 0.05) is 28.3 Å². The second-order valence-corrected chi connectivity index (χ2v) is 7.13. The molecule has 2 aliphatic rings. The maximum absolute atomic E-state index is 12.3. The Morgan fingerprint density at radius 1 is 1.29 bits per heavy atom. The van der Waals surface area contributed by atoms with Gasteiger partial charge in [-0.3, -0.25) is 9.59 Å². The molecule has 0 spiro atoms. The molecule has 0 radical (unpaired) electrons. The highest BCUT2D eigenvalue weighted by atomic mass is 127. The fourth-order valence-corrected chi connectivity index (χ4v) is 3.83. The Morgan fingerprint density at radius 2 is 2.05 bits per heavy atom. The summed E-state index contributed by atoms with van der Waals surface area (Å²) in [5.41, 5.74) is 0.804. The van der Waals surface area contributed by atoms with E-state index in [0.717, 1.165) is 22.1 Å². The lowest BCUT2D eigenvalue weighted by atomic mass is 10.1. The molecule has 3 rings (SSSR count). The molecule has 4 nitrogen and oxygen atoms in total. The molecule has 2 fully saturated rings. The monoisotopic (exact) mass is 398 g/mol. The number of hydrogen-bond acceptors (Lipinski definition) is 2. The van der Waals surface area contributed by atoms with E-state index in [-0.39, 0.29) is 17.7 Å². The van der Waals surface area contributed by atoms with E-state index in [2.05, 4.69) is 27.9 Å². The molecule has 0 bridgehead atoms. The van der Waals surface area contributed by atoms with Crippen LogP contribution in [0.3, 0.4) is 0 Å². The number of nitrogens with one attached hydrogen (secondary N) is 1. The van der Waals surface area contributed by atoms with Crippen molar-refractivity contribution in [1.82, 2.24) is 4.90 Å². The van der Waals surface area contributed by atoms with Crippen molar-refractivity contribution in [3.05, 3.63) is 27.8 Å². The van der Waals surface area contributed by atoms with E-state index in [1.807, 2.05) is 29.2 Å². The molecule has 0 aromatic heterocycles. The number of carbonyl (C=O) groups is 2. The van der Waals surface area contributed by atoms with Crippen molar-refractivity contribution in [2.24, 2.45) is 5.92 Å². The number of hydrogen-bond donors (Lipinski definition) is 1. The van der Waals surface area contributed by atoms with E-state index < -0.39 is 0 Å². The van der Waals surface area contributed by atoms with Gasteiger partial charge in [0.05, 0.1) is 5.92 Å². The maximum Gasteiger partial charge on any atom is 0.229 e. The van der Waals surface area contributed by atoms with E-state index in [1.54, 1.807) is 0 Å². The first-order valence-corrected chi connectivity index (χ1v) is 8.57. The van der Waals surface area contributed by atoms with Gasteiger partial charge in [0.15, 0.2) is 0 Å². The molecule has 1 atom stereocenters. The first-order valence-electron chi connectivity index (χ1n) is 7.49. The molecule has 5 heteroatoms. The Labute approximate surface area is 138 Å². The third kappa shape index (κ3) is 3.39. The Hall–Kier alpha value is -1.11. The number of likely N-dealkylation sites (tertiary alicyclic amines) is 1. The zero-order chi connectivity index (χ0) is 14.8. The molecule has 1 N–H and O–H groups in total. The van der Waals surface area contributed by atoms with Gasteiger partial charge in [-0.1, -0.05) is 18.9 Å². The van der Waals surface area contributed by atoms with Crippen LogP contribution in [0.25, 0.3) is 0 Å². The summed E-state index contributed by atoms with van der Waals surface area (Å²) in [6.07, 6.45) is 4.95. The molecule has 1 heterocycles. The van der Waals surface area contributed by atoms with Gasteiger partial charge in [-0.05, 0) is 53.6 Å². The lowest BCUT2D eigenvalue weighted by Crippen LogP contribution is -2.35. The predicted octanol–water partition coefficient (Wildman–Crippen LogP) is 3.02. The molecular formula is C16H19IN2O2. The normalized spacial score (nSPS) is 22.8. The zero-order valence-electron chi connectivity index (χ0n) is 11.8. The van der Waals surface area contributed by atoms with Crippen LogP contribution in [0.15, 0.2) is 24.3 Å².